The predicted molar refractivity (Wildman–Crippen MR) is 80.9 cm³/mol. The highest BCUT2D eigenvalue weighted by atomic mass is 79.9. The number of nitrogens with two attached hydrogens (primary N) is 1. The minimum Gasteiger partial charge on any atom is -0.324 e. The van der Waals surface area contributed by atoms with Gasteiger partial charge in [-0.2, -0.15) is 0 Å². The fourth-order valence-corrected chi connectivity index (χ4v) is 2.77. The highest BCUT2D eigenvalue weighted by molar-refractivity contribution is 9.10. The molecule has 0 aliphatic rings. The van der Waals surface area contributed by atoms with Crippen molar-refractivity contribution in [1.82, 2.24) is 0 Å². The van der Waals surface area contributed by atoms with Crippen molar-refractivity contribution >= 4 is 27.5 Å². The number of benzene rings is 2. The van der Waals surface area contributed by atoms with Gasteiger partial charge in [0.2, 0.25) is 0 Å². The lowest BCUT2D eigenvalue weighted by molar-refractivity contribution is 0.536. The molecule has 1 unspecified atom stereocenters. The van der Waals surface area contributed by atoms with Crippen LogP contribution in [-0.2, 0) is 6.42 Å². The summed E-state index contributed by atoms with van der Waals surface area (Å²) in [5, 5.41) is 0.508. The van der Waals surface area contributed by atoms with E-state index in [1.54, 1.807) is 12.1 Å². The number of halogens is 4. The van der Waals surface area contributed by atoms with Crippen molar-refractivity contribution < 1.29 is 8.78 Å². The third-order valence-corrected chi connectivity index (χ3v) is 4.06. The summed E-state index contributed by atoms with van der Waals surface area (Å²) in [4.78, 5) is 0. The van der Waals surface area contributed by atoms with Crippen LogP contribution >= 0.6 is 27.5 Å². The van der Waals surface area contributed by atoms with Crippen LogP contribution in [0.25, 0.3) is 0 Å². The zero-order chi connectivity index (χ0) is 14.9. The van der Waals surface area contributed by atoms with Crippen molar-refractivity contribution in [3.8, 4) is 0 Å². The quantitative estimate of drug-likeness (QED) is 0.772. The second-order valence-corrected chi connectivity index (χ2v) is 5.92. The molecule has 0 aromatic heterocycles. The van der Waals surface area contributed by atoms with E-state index in [1.807, 2.05) is 13.0 Å². The Balaban J connectivity index is 2.32. The van der Waals surface area contributed by atoms with Gasteiger partial charge in [-0.25, -0.2) is 8.78 Å². The van der Waals surface area contributed by atoms with Gasteiger partial charge in [-0.3, -0.25) is 0 Å². The van der Waals surface area contributed by atoms with Crippen molar-refractivity contribution in [3.63, 3.8) is 0 Å². The number of aryl methyl sites for hydroxylation is 1. The van der Waals surface area contributed by atoms with Gasteiger partial charge in [0, 0.05) is 16.6 Å². The highest BCUT2D eigenvalue weighted by Gasteiger charge is 2.18. The zero-order valence-electron chi connectivity index (χ0n) is 10.8. The molecule has 0 spiro atoms. The molecule has 0 amide bonds. The third-order valence-electron chi connectivity index (χ3n) is 3.12. The van der Waals surface area contributed by atoms with Crippen LogP contribution in [-0.4, -0.2) is 0 Å². The Morgan fingerprint density at radius 1 is 1.25 bits per heavy atom. The Hall–Kier alpha value is -0.970. The van der Waals surface area contributed by atoms with Crippen LogP contribution in [0.3, 0.4) is 0 Å². The minimum atomic E-state index is -0.622. The first-order chi connectivity index (χ1) is 9.40. The summed E-state index contributed by atoms with van der Waals surface area (Å²) in [6.45, 7) is 1.91. The molecule has 0 heterocycles. The third kappa shape index (κ3) is 3.19. The number of hydrogen-bond acceptors (Lipinski definition) is 1. The Morgan fingerprint density at radius 3 is 2.60 bits per heavy atom. The van der Waals surface area contributed by atoms with Gasteiger partial charge in [0.25, 0.3) is 0 Å². The lowest BCUT2D eigenvalue weighted by Gasteiger charge is -2.15. The Kier molecular flexibility index (Phi) is 4.78. The van der Waals surface area contributed by atoms with Crippen LogP contribution in [0.4, 0.5) is 8.78 Å². The molecule has 106 valence electrons. The van der Waals surface area contributed by atoms with E-state index in [0.717, 1.165) is 5.56 Å². The molecule has 0 aliphatic heterocycles. The lowest BCUT2D eigenvalue weighted by Crippen LogP contribution is -2.16. The molecular formula is C15H13BrClF2N. The molecule has 0 radical (unpaired) electrons. The molecule has 0 fully saturated rings. The topological polar surface area (TPSA) is 26.0 Å². The second-order valence-electron chi connectivity index (χ2n) is 4.66. The first-order valence-corrected chi connectivity index (χ1v) is 7.21. The van der Waals surface area contributed by atoms with Crippen molar-refractivity contribution in [3.05, 3.63) is 68.2 Å². The maximum Gasteiger partial charge on any atom is 0.143 e. The van der Waals surface area contributed by atoms with E-state index in [0.29, 0.717) is 10.6 Å². The molecule has 20 heavy (non-hydrogen) atoms. The Morgan fingerprint density at radius 2 is 1.95 bits per heavy atom. The Labute approximate surface area is 129 Å². The largest absolute Gasteiger partial charge is 0.324 e. The Bertz CT molecular complexity index is 646. The maximum absolute atomic E-state index is 13.9. The monoisotopic (exact) mass is 359 g/mol. The van der Waals surface area contributed by atoms with Crippen LogP contribution in [0.1, 0.15) is 22.7 Å². The molecule has 0 saturated heterocycles. The van der Waals surface area contributed by atoms with Crippen molar-refractivity contribution in [2.24, 2.45) is 5.73 Å². The summed E-state index contributed by atoms with van der Waals surface area (Å²) in [7, 11) is 0. The maximum atomic E-state index is 13.9. The highest BCUT2D eigenvalue weighted by Crippen LogP contribution is 2.29. The van der Waals surface area contributed by atoms with E-state index < -0.39 is 17.7 Å². The molecule has 1 nitrogen and oxygen atoms in total. The van der Waals surface area contributed by atoms with E-state index in [9.17, 15) is 8.78 Å². The van der Waals surface area contributed by atoms with Crippen molar-refractivity contribution in [2.45, 2.75) is 19.4 Å². The van der Waals surface area contributed by atoms with E-state index >= 15 is 0 Å². The van der Waals surface area contributed by atoms with Gasteiger partial charge in [-0.05, 0) is 58.6 Å². The van der Waals surface area contributed by atoms with Crippen LogP contribution in [0.15, 0.2) is 34.8 Å². The van der Waals surface area contributed by atoms with Gasteiger partial charge >= 0.3 is 0 Å². The van der Waals surface area contributed by atoms with Gasteiger partial charge in [-0.1, -0.05) is 23.7 Å². The van der Waals surface area contributed by atoms with Crippen LogP contribution in [0.2, 0.25) is 5.02 Å². The first-order valence-electron chi connectivity index (χ1n) is 6.04. The fraction of sp³-hybridized carbons (Fsp3) is 0.200. The second kappa shape index (κ2) is 6.20. The zero-order valence-corrected chi connectivity index (χ0v) is 13.1. The summed E-state index contributed by atoms with van der Waals surface area (Å²) in [6, 6.07) is 7.42. The summed E-state index contributed by atoms with van der Waals surface area (Å²) in [5.74, 6) is -1.23. The van der Waals surface area contributed by atoms with Crippen LogP contribution in [0, 0.1) is 18.6 Å². The SMILES string of the molecule is Cc1ccc(C(N)Cc2c(F)ccc(Br)c2F)c(Cl)c1. The van der Waals surface area contributed by atoms with Crippen molar-refractivity contribution in [2.75, 3.05) is 0 Å². The lowest BCUT2D eigenvalue weighted by atomic mass is 9.98. The first kappa shape index (κ1) is 15.4. The molecule has 2 rings (SSSR count). The summed E-state index contributed by atoms with van der Waals surface area (Å²) in [6.07, 6.45) is 0.0416. The molecule has 2 N–H and O–H groups in total. The summed E-state index contributed by atoms with van der Waals surface area (Å²) in [5.41, 5.74) is 7.68. The fourth-order valence-electron chi connectivity index (χ4n) is 2.02. The van der Waals surface area contributed by atoms with Crippen LogP contribution in [0.5, 0.6) is 0 Å². The molecular weight excluding hydrogens is 348 g/mol. The van der Waals surface area contributed by atoms with E-state index in [1.165, 1.54) is 12.1 Å². The molecule has 1 atom stereocenters. The van der Waals surface area contributed by atoms with Gasteiger partial charge < -0.3 is 5.73 Å². The average molecular weight is 361 g/mol. The molecule has 0 bridgehead atoms. The van der Waals surface area contributed by atoms with Crippen LogP contribution < -0.4 is 5.73 Å². The normalized spacial score (nSPS) is 12.5. The number of hydrogen-bond donors (Lipinski definition) is 1. The van der Waals surface area contributed by atoms with Gasteiger partial charge in [0.15, 0.2) is 0 Å². The van der Waals surface area contributed by atoms with E-state index in [2.05, 4.69) is 15.9 Å². The van der Waals surface area contributed by atoms with Gasteiger partial charge in [0.1, 0.15) is 11.6 Å². The van der Waals surface area contributed by atoms with E-state index in [-0.39, 0.29) is 16.5 Å². The standard InChI is InChI=1S/C15H13BrClF2N/c1-8-2-3-9(12(17)6-8)14(20)7-10-13(18)5-4-11(16)15(10)19/h2-6,14H,7,20H2,1H3. The van der Waals surface area contributed by atoms with E-state index in [4.69, 9.17) is 17.3 Å². The summed E-state index contributed by atoms with van der Waals surface area (Å²) < 4.78 is 27.9. The van der Waals surface area contributed by atoms with Gasteiger partial charge in [0.05, 0.1) is 4.47 Å². The molecule has 5 heteroatoms. The van der Waals surface area contributed by atoms with Gasteiger partial charge in [-0.15, -0.1) is 0 Å². The minimum absolute atomic E-state index is 0.0384. The smallest absolute Gasteiger partial charge is 0.143 e. The summed E-state index contributed by atoms with van der Waals surface area (Å²) >= 11 is 9.17. The molecule has 2 aromatic rings. The predicted octanol–water partition coefficient (Wildman–Crippen LogP) is 4.93. The average Bonchev–Trinajstić information content (AvgIpc) is 2.39. The molecule has 0 saturated carbocycles. The van der Waals surface area contributed by atoms with Crippen molar-refractivity contribution in [1.29, 1.82) is 0 Å². The number of rotatable bonds is 3. The molecule has 2 aromatic carbocycles. The molecule has 0 aliphatic carbocycles.